The van der Waals surface area contributed by atoms with Gasteiger partial charge in [0.05, 0.1) is 11.1 Å². The summed E-state index contributed by atoms with van der Waals surface area (Å²) in [7, 11) is 1.88. The summed E-state index contributed by atoms with van der Waals surface area (Å²) in [5.74, 6) is 0.294. The lowest BCUT2D eigenvalue weighted by atomic mass is 10.0. The number of carbonyl (C=O) groups excluding carboxylic acids is 1. The van der Waals surface area contributed by atoms with Crippen LogP contribution in [0.4, 0.5) is 16.2 Å². The van der Waals surface area contributed by atoms with E-state index in [-0.39, 0.29) is 11.7 Å². The maximum atomic E-state index is 12.4. The smallest absolute Gasteiger partial charge is 0.321 e. The molecule has 3 rings (SSSR count). The molecule has 1 aromatic carbocycles. The van der Waals surface area contributed by atoms with E-state index in [4.69, 9.17) is 0 Å². The number of anilines is 1. The number of non-ortho nitro benzene ring substituents is 1. The first-order chi connectivity index (χ1) is 11.4. The Hall–Kier alpha value is -2.90. The number of hydrogen-bond donors (Lipinski definition) is 1. The summed E-state index contributed by atoms with van der Waals surface area (Å²) in [6.45, 7) is 3.06. The van der Waals surface area contributed by atoms with Crippen molar-refractivity contribution in [2.24, 2.45) is 7.05 Å². The fraction of sp³-hybridized carbons (Fsp3) is 0.375. The van der Waals surface area contributed by atoms with Gasteiger partial charge in [0.1, 0.15) is 0 Å². The molecular formula is C16H19N5O3. The number of nitro groups is 1. The van der Waals surface area contributed by atoms with E-state index in [1.807, 2.05) is 19.4 Å². The van der Waals surface area contributed by atoms with Crippen LogP contribution in [0.15, 0.2) is 30.6 Å². The summed E-state index contributed by atoms with van der Waals surface area (Å²) in [5.41, 5.74) is 2.42. The number of aromatic nitrogens is 2. The van der Waals surface area contributed by atoms with Crippen LogP contribution in [0.5, 0.6) is 0 Å². The molecule has 0 saturated carbocycles. The summed E-state index contributed by atoms with van der Waals surface area (Å²) in [4.78, 5) is 24.5. The van der Waals surface area contributed by atoms with Crippen molar-refractivity contribution in [3.8, 4) is 0 Å². The topological polar surface area (TPSA) is 93.3 Å². The number of nitrogens with zero attached hydrogens (tertiary/aromatic N) is 4. The zero-order chi connectivity index (χ0) is 17.3. The summed E-state index contributed by atoms with van der Waals surface area (Å²) in [5, 5.41) is 17.8. The molecule has 0 spiro atoms. The van der Waals surface area contributed by atoms with Crippen LogP contribution >= 0.6 is 0 Å². The molecule has 8 nitrogen and oxygen atoms in total. The van der Waals surface area contributed by atoms with Crippen molar-refractivity contribution in [2.75, 3.05) is 18.4 Å². The van der Waals surface area contributed by atoms with Gasteiger partial charge in [-0.25, -0.2) is 4.79 Å². The van der Waals surface area contributed by atoms with Crippen molar-refractivity contribution in [2.45, 2.75) is 19.3 Å². The Bertz CT molecular complexity index is 786. The average Bonchev–Trinajstić information content (AvgIpc) is 3.17. The molecule has 126 valence electrons. The maximum absolute atomic E-state index is 12.4. The molecule has 1 aliphatic rings. The zero-order valence-corrected chi connectivity index (χ0v) is 13.6. The van der Waals surface area contributed by atoms with Crippen LogP contribution in [0.25, 0.3) is 0 Å². The van der Waals surface area contributed by atoms with Gasteiger partial charge in [-0.15, -0.1) is 0 Å². The zero-order valence-electron chi connectivity index (χ0n) is 13.6. The third-order valence-electron chi connectivity index (χ3n) is 4.33. The first-order valence-corrected chi connectivity index (χ1v) is 7.73. The molecule has 1 fully saturated rings. The van der Waals surface area contributed by atoms with E-state index in [9.17, 15) is 14.9 Å². The minimum Gasteiger partial charge on any atom is -0.324 e. The fourth-order valence-electron chi connectivity index (χ4n) is 2.96. The van der Waals surface area contributed by atoms with E-state index < -0.39 is 4.92 Å². The van der Waals surface area contributed by atoms with E-state index in [1.54, 1.807) is 22.6 Å². The predicted octanol–water partition coefficient (Wildman–Crippen LogP) is 2.66. The first-order valence-electron chi connectivity index (χ1n) is 7.73. The molecule has 2 aromatic rings. The van der Waals surface area contributed by atoms with Gasteiger partial charge in [0.2, 0.25) is 0 Å². The van der Waals surface area contributed by atoms with Crippen molar-refractivity contribution in [1.29, 1.82) is 0 Å². The summed E-state index contributed by atoms with van der Waals surface area (Å²) < 4.78 is 1.76. The Labute approximate surface area is 139 Å². The molecule has 0 bridgehead atoms. The molecular weight excluding hydrogens is 310 g/mol. The standard InChI is InChI=1S/C16H19N5O3/c1-11-7-14(21(23)24)3-4-15(11)18-16(22)20-6-5-12(10-20)13-8-17-19(2)9-13/h3-4,7-9,12H,5-6,10H2,1-2H3,(H,18,22)/t12-/m0/s1. The second-order valence-electron chi connectivity index (χ2n) is 6.07. The molecule has 24 heavy (non-hydrogen) atoms. The fourth-order valence-corrected chi connectivity index (χ4v) is 2.96. The van der Waals surface area contributed by atoms with Gasteiger partial charge in [-0.3, -0.25) is 14.8 Å². The lowest BCUT2D eigenvalue weighted by molar-refractivity contribution is -0.384. The highest BCUT2D eigenvalue weighted by Crippen LogP contribution is 2.28. The highest BCUT2D eigenvalue weighted by atomic mass is 16.6. The van der Waals surface area contributed by atoms with E-state index in [0.717, 1.165) is 12.0 Å². The molecule has 0 radical (unpaired) electrons. The third kappa shape index (κ3) is 3.22. The Morgan fingerprint density at radius 1 is 1.46 bits per heavy atom. The molecule has 8 heteroatoms. The van der Waals surface area contributed by atoms with Crippen LogP contribution < -0.4 is 5.32 Å². The minimum atomic E-state index is -0.447. The number of rotatable bonds is 3. The molecule has 1 saturated heterocycles. The summed E-state index contributed by atoms with van der Waals surface area (Å²) >= 11 is 0. The number of carbonyl (C=O) groups is 1. The quantitative estimate of drug-likeness (QED) is 0.692. The van der Waals surface area contributed by atoms with Gasteiger partial charge in [-0.1, -0.05) is 0 Å². The molecule has 0 unspecified atom stereocenters. The number of hydrogen-bond acceptors (Lipinski definition) is 4. The van der Waals surface area contributed by atoms with Crippen LogP contribution in [0.1, 0.15) is 23.5 Å². The molecule has 0 aliphatic carbocycles. The molecule has 1 atom stereocenters. The molecule has 2 amide bonds. The summed E-state index contributed by atoms with van der Waals surface area (Å²) in [6.07, 6.45) is 4.72. The monoisotopic (exact) mass is 329 g/mol. The van der Waals surface area contributed by atoms with Crippen LogP contribution in [0, 0.1) is 17.0 Å². The predicted molar refractivity (Wildman–Crippen MR) is 89.0 cm³/mol. The number of amides is 2. The van der Waals surface area contributed by atoms with Gasteiger partial charge in [-0.2, -0.15) is 5.10 Å². The van der Waals surface area contributed by atoms with Crippen LogP contribution in [-0.2, 0) is 7.05 Å². The van der Waals surface area contributed by atoms with Gasteiger partial charge in [-0.05, 0) is 30.5 Å². The molecule has 1 aliphatic heterocycles. The van der Waals surface area contributed by atoms with Crippen molar-refractivity contribution in [3.63, 3.8) is 0 Å². The Kier molecular flexibility index (Phi) is 4.20. The number of nitrogens with one attached hydrogen (secondary N) is 1. The number of aryl methyl sites for hydroxylation is 2. The van der Waals surface area contributed by atoms with E-state index in [1.165, 1.54) is 12.1 Å². The van der Waals surface area contributed by atoms with E-state index >= 15 is 0 Å². The lowest BCUT2D eigenvalue weighted by Crippen LogP contribution is -2.33. The van der Waals surface area contributed by atoms with Crippen molar-refractivity contribution in [1.82, 2.24) is 14.7 Å². The van der Waals surface area contributed by atoms with Crippen LogP contribution in [-0.4, -0.2) is 38.7 Å². The minimum absolute atomic E-state index is 0.0170. The Morgan fingerprint density at radius 3 is 2.88 bits per heavy atom. The van der Waals surface area contributed by atoms with Gasteiger partial charge < -0.3 is 10.2 Å². The van der Waals surface area contributed by atoms with Crippen molar-refractivity contribution < 1.29 is 9.72 Å². The van der Waals surface area contributed by atoms with Gasteiger partial charge in [0.15, 0.2) is 0 Å². The summed E-state index contributed by atoms with van der Waals surface area (Å²) in [6, 6.07) is 4.24. The number of urea groups is 1. The number of likely N-dealkylation sites (tertiary alicyclic amines) is 1. The third-order valence-corrected chi connectivity index (χ3v) is 4.33. The Morgan fingerprint density at radius 2 is 2.25 bits per heavy atom. The van der Waals surface area contributed by atoms with Gasteiger partial charge in [0.25, 0.3) is 5.69 Å². The lowest BCUT2D eigenvalue weighted by Gasteiger charge is -2.18. The van der Waals surface area contributed by atoms with Crippen LogP contribution in [0.2, 0.25) is 0 Å². The van der Waals surface area contributed by atoms with E-state index in [0.29, 0.717) is 30.3 Å². The molecule has 1 aromatic heterocycles. The van der Waals surface area contributed by atoms with Crippen molar-refractivity contribution >= 4 is 17.4 Å². The normalized spacial score (nSPS) is 17.1. The second kappa shape index (κ2) is 6.31. The average molecular weight is 329 g/mol. The SMILES string of the molecule is Cc1cc([N+](=O)[O-])ccc1NC(=O)N1CC[C@H](c2cnn(C)c2)C1. The molecule has 1 N–H and O–H groups in total. The number of nitro benzene ring substituents is 1. The highest BCUT2D eigenvalue weighted by Gasteiger charge is 2.28. The van der Waals surface area contributed by atoms with E-state index in [2.05, 4.69) is 10.4 Å². The second-order valence-corrected chi connectivity index (χ2v) is 6.07. The Balaban J connectivity index is 1.64. The number of benzene rings is 1. The van der Waals surface area contributed by atoms with Crippen molar-refractivity contribution in [3.05, 3.63) is 51.8 Å². The van der Waals surface area contributed by atoms with Crippen LogP contribution in [0.3, 0.4) is 0 Å². The maximum Gasteiger partial charge on any atom is 0.321 e. The first kappa shape index (κ1) is 16.0. The highest BCUT2D eigenvalue weighted by molar-refractivity contribution is 5.90. The largest absolute Gasteiger partial charge is 0.324 e. The molecule has 2 heterocycles. The van der Waals surface area contributed by atoms with Gasteiger partial charge >= 0.3 is 6.03 Å². The van der Waals surface area contributed by atoms with Gasteiger partial charge in [0, 0.05) is 50.1 Å².